The maximum Gasteiger partial charge on any atom is 0.0108 e. The molecule has 1 aromatic carbocycles. The molecule has 2 rings (SSSR count). The van der Waals surface area contributed by atoms with E-state index in [9.17, 15) is 0 Å². The van der Waals surface area contributed by atoms with Crippen molar-refractivity contribution in [1.29, 1.82) is 0 Å². The normalized spacial score (nSPS) is 24.1. The van der Waals surface area contributed by atoms with Gasteiger partial charge >= 0.3 is 0 Å². The first-order chi connectivity index (χ1) is 8.40. The molecule has 1 fully saturated rings. The Hall–Kier alpha value is -0.510. The first-order valence-corrected chi connectivity index (χ1v) is 7.50. The molecule has 0 bridgehead atoms. The number of nitrogens with one attached hydrogen (secondary N) is 1. The molecule has 0 aromatic heterocycles. The lowest BCUT2D eigenvalue weighted by Gasteiger charge is -2.19. The lowest BCUT2D eigenvalue weighted by atomic mass is 10.0. The van der Waals surface area contributed by atoms with E-state index < -0.39 is 0 Å². The first-order valence-electron chi connectivity index (χ1n) is 6.51. The maximum absolute atomic E-state index is 5.77. The highest BCUT2D eigenvalue weighted by Crippen LogP contribution is 2.24. The van der Waals surface area contributed by atoms with Crippen molar-refractivity contribution in [2.45, 2.75) is 30.2 Å². The topological polar surface area (TPSA) is 38.0 Å². The Labute approximate surface area is 108 Å². The molecule has 2 nitrogen and oxygen atoms in total. The summed E-state index contributed by atoms with van der Waals surface area (Å²) < 4.78 is 0. The van der Waals surface area contributed by atoms with Gasteiger partial charge < -0.3 is 11.1 Å². The zero-order valence-corrected chi connectivity index (χ0v) is 11.1. The third-order valence-electron chi connectivity index (χ3n) is 3.48. The highest BCUT2D eigenvalue weighted by molar-refractivity contribution is 7.99. The molecular weight excluding hydrogens is 228 g/mol. The second-order valence-electron chi connectivity index (χ2n) is 4.65. The third-order valence-corrected chi connectivity index (χ3v) is 4.50. The molecule has 3 N–H and O–H groups in total. The fraction of sp³-hybridized carbons (Fsp3) is 0.571. The van der Waals surface area contributed by atoms with Gasteiger partial charge in [-0.1, -0.05) is 24.6 Å². The minimum atomic E-state index is 0.663. The fourth-order valence-corrected chi connectivity index (χ4v) is 3.32. The van der Waals surface area contributed by atoms with Gasteiger partial charge in [0.05, 0.1) is 0 Å². The van der Waals surface area contributed by atoms with Crippen molar-refractivity contribution in [2.24, 2.45) is 11.7 Å². The van der Waals surface area contributed by atoms with Crippen molar-refractivity contribution in [3.05, 3.63) is 30.3 Å². The molecule has 1 aliphatic rings. The second-order valence-corrected chi connectivity index (χ2v) is 5.82. The summed E-state index contributed by atoms with van der Waals surface area (Å²) in [6.07, 6.45) is 3.95. The van der Waals surface area contributed by atoms with Crippen LogP contribution in [-0.2, 0) is 0 Å². The van der Waals surface area contributed by atoms with Crippen molar-refractivity contribution < 1.29 is 0 Å². The minimum Gasteiger partial charge on any atom is -0.330 e. The van der Waals surface area contributed by atoms with Gasteiger partial charge in [0.1, 0.15) is 0 Å². The molecule has 0 saturated heterocycles. The van der Waals surface area contributed by atoms with Crippen LogP contribution in [0.5, 0.6) is 0 Å². The molecule has 2 unspecified atom stereocenters. The Morgan fingerprint density at radius 3 is 2.82 bits per heavy atom. The SMILES string of the molecule is NCC1CCCC1NCCSc1ccccc1. The van der Waals surface area contributed by atoms with Gasteiger partial charge in [-0.3, -0.25) is 0 Å². The molecule has 0 spiro atoms. The molecule has 94 valence electrons. The molecule has 0 heterocycles. The predicted molar refractivity (Wildman–Crippen MR) is 75.4 cm³/mol. The highest BCUT2D eigenvalue weighted by Gasteiger charge is 2.24. The van der Waals surface area contributed by atoms with E-state index >= 15 is 0 Å². The summed E-state index contributed by atoms with van der Waals surface area (Å²) in [5.41, 5.74) is 5.77. The van der Waals surface area contributed by atoms with Gasteiger partial charge in [0.25, 0.3) is 0 Å². The smallest absolute Gasteiger partial charge is 0.0108 e. The molecule has 1 saturated carbocycles. The lowest BCUT2D eigenvalue weighted by molar-refractivity contribution is 0.417. The Morgan fingerprint density at radius 2 is 2.06 bits per heavy atom. The van der Waals surface area contributed by atoms with Gasteiger partial charge in [0, 0.05) is 23.2 Å². The van der Waals surface area contributed by atoms with Crippen molar-refractivity contribution in [1.82, 2.24) is 5.32 Å². The average Bonchev–Trinajstić information content (AvgIpc) is 2.83. The van der Waals surface area contributed by atoms with E-state index in [2.05, 4.69) is 35.6 Å². The van der Waals surface area contributed by atoms with Crippen molar-refractivity contribution in [3.8, 4) is 0 Å². The van der Waals surface area contributed by atoms with E-state index in [4.69, 9.17) is 5.73 Å². The zero-order chi connectivity index (χ0) is 11.9. The molecule has 1 aliphatic carbocycles. The summed E-state index contributed by atoms with van der Waals surface area (Å²) in [6.45, 7) is 1.92. The van der Waals surface area contributed by atoms with E-state index in [0.29, 0.717) is 12.0 Å². The number of hydrogen-bond donors (Lipinski definition) is 2. The van der Waals surface area contributed by atoms with Crippen LogP contribution < -0.4 is 11.1 Å². The van der Waals surface area contributed by atoms with Gasteiger partial charge in [-0.15, -0.1) is 11.8 Å². The van der Waals surface area contributed by atoms with Crippen LogP contribution in [0.25, 0.3) is 0 Å². The Kier molecular flexibility index (Phi) is 5.36. The fourth-order valence-electron chi connectivity index (χ4n) is 2.52. The van der Waals surface area contributed by atoms with Crippen LogP contribution in [0.2, 0.25) is 0 Å². The van der Waals surface area contributed by atoms with Gasteiger partial charge in [0.2, 0.25) is 0 Å². The monoisotopic (exact) mass is 250 g/mol. The lowest BCUT2D eigenvalue weighted by Crippen LogP contribution is -2.37. The van der Waals surface area contributed by atoms with Gasteiger partial charge in [-0.2, -0.15) is 0 Å². The highest BCUT2D eigenvalue weighted by atomic mass is 32.2. The number of rotatable bonds is 6. The molecule has 1 aromatic rings. The van der Waals surface area contributed by atoms with Crippen LogP contribution in [0.1, 0.15) is 19.3 Å². The minimum absolute atomic E-state index is 0.663. The van der Waals surface area contributed by atoms with Crippen LogP contribution in [0, 0.1) is 5.92 Å². The van der Waals surface area contributed by atoms with Crippen molar-refractivity contribution in [2.75, 3.05) is 18.8 Å². The summed E-state index contributed by atoms with van der Waals surface area (Å²) in [5, 5.41) is 3.65. The van der Waals surface area contributed by atoms with Gasteiger partial charge in [-0.25, -0.2) is 0 Å². The van der Waals surface area contributed by atoms with E-state index in [1.807, 2.05) is 11.8 Å². The van der Waals surface area contributed by atoms with Crippen molar-refractivity contribution in [3.63, 3.8) is 0 Å². The maximum atomic E-state index is 5.77. The third kappa shape index (κ3) is 4.02. The number of hydrogen-bond acceptors (Lipinski definition) is 3. The molecule has 17 heavy (non-hydrogen) atoms. The summed E-state index contributed by atoms with van der Waals surface area (Å²) >= 11 is 1.92. The number of thioether (sulfide) groups is 1. The zero-order valence-electron chi connectivity index (χ0n) is 10.3. The quantitative estimate of drug-likeness (QED) is 0.602. The van der Waals surface area contributed by atoms with Crippen LogP contribution in [-0.4, -0.2) is 24.9 Å². The Balaban J connectivity index is 1.63. The molecule has 0 radical (unpaired) electrons. The summed E-state index contributed by atoms with van der Waals surface area (Å²) in [4.78, 5) is 1.36. The summed E-state index contributed by atoms with van der Waals surface area (Å²) in [7, 11) is 0. The van der Waals surface area contributed by atoms with E-state index in [1.54, 1.807) is 0 Å². The van der Waals surface area contributed by atoms with Crippen molar-refractivity contribution >= 4 is 11.8 Å². The Morgan fingerprint density at radius 1 is 1.24 bits per heavy atom. The standard InChI is InChI=1S/C14H22N2S/c15-11-12-5-4-8-14(12)16-9-10-17-13-6-2-1-3-7-13/h1-3,6-7,12,14,16H,4-5,8-11,15H2. The summed E-state index contributed by atoms with van der Waals surface area (Å²) in [5.74, 6) is 1.84. The number of benzene rings is 1. The van der Waals surface area contributed by atoms with Gasteiger partial charge in [-0.05, 0) is 37.4 Å². The Bertz CT molecular complexity index is 315. The van der Waals surface area contributed by atoms with E-state index in [-0.39, 0.29) is 0 Å². The van der Waals surface area contributed by atoms with E-state index in [0.717, 1.165) is 18.8 Å². The average molecular weight is 250 g/mol. The molecule has 0 amide bonds. The van der Waals surface area contributed by atoms with Crippen LogP contribution in [0.15, 0.2) is 35.2 Å². The molecule has 3 heteroatoms. The van der Waals surface area contributed by atoms with Crippen LogP contribution in [0.4, 0.5) is 0 Å². The first kappa shape index (κ1) is 12.9. The van der Waals surface area contributed by atoms with Gasteiger partial charge in [0.15, 0.2) is 0 Å². The second kappa shape index (κ2) is 7.04. The molecule has 2 atom stereocenters. The largest absolute Gasteiger partial charge is 0.330 e. The van der Waals surface area contributed by atoms with Crippen LogP contribution >= 0.6 is 11.8 Å². The molecule has 0 aliphatic heterocycles. The van der Waals surface area contributed by atoms with E-state index in [1.165, 1.54) is 24.2 Å². The number of nitrogens with two attached hydrogens (primary N) is 1. The molecular formula is C14H22N2S. The predicted octanol–water partition coefficient (Wildman–Crippen LogP) is 2.50. The van der Waals surface area contributed by atoms with Crippen LogP contribution in [0.3, 0.4) is 0 Å². The summed E-state index contributed by atoms with van der Waals surface area (Å²) in [6, 6.07) is 11.3.